The van der Waals surface area contributed by atoms with Crippen LogP contribution in [0.25, 0.3) is 0 Å². The lowest BCUT2D eigenvalue weighted by Crippen LogP contribution is -1.95. The van der Waals surface area contributed by atoms with E-state index >= 15 is 0 Å². The molecule has 1 nitrogen and oxygen atoms in total. The molecule has 0 N–H and O–H groups in total. The van der Waals surface area contributed by atoms with Crippen LogP contribution in [0.15, 0.2) is 43.5 Å². The summed E-state index contributed by atoms with van der Waals surface area (Å²) in [5.41, 5.74) is 0. The van der Waals surface area contributed by atoms with Crippen molar-refractivity contribution in [1.29, 1.82) is 0 Å². The second kappa shape index (κ2) is 8.85. The molecule has 0 atom stereocenters. The Kier molecular flexibility index (Phi) is 8.01. The summed E-state index contributed by atoms with van der Waals surface area (Å²) < 4.78 is 5.45. The van der Waals surface area contributed by atoms with E-state index in [1.165, 1.54) is 6.42 Å². The Balaban J connectivity index is 0.000000671. The lowest BCUT2D eigenvalue weighted by molar-refractivity contribution is 0.309. The van der Waals surface area contributed by atoms with Crippen molar-refractivity contribution in [3.05, 3.63) is 43.5 Å². The van der Waals surface area contributed by atoms with E-state index in [0.717, 1.165) is 18.8 Å². The van der Waals surface area contributed by atoms with Gasteiger partial charge in [-0.2, -0.15) is 0 Å². The van der Waals surface area contributed by atoms with E-state index in [4.69, 9.17) is 4.74 Å². The van der Waals surface area contributed by atoms with Gasteiger partial charge in [0.25, 0.3) is 0 Å². The van der Waals surface area contributed by atoms with E-state index in [9.17, 15) is 0 Å². The Morgan fingerprint density at radius 1 is 1.15 bits per heavy atom. The topological polar surface area (TPSA) is 9.23 Å². The molecular weight excluding hydrogens is 160 g/mol. The molecule has 0 amide bonds. The molecule has 0 fully saturated rings. The second-order valence-electron chi connectivity index (χ2n) is 2.52. The summed E-state index contributed by atoms with van der Waals surface area (Å²) in [6, 6.07) is 9.93. The van der Waals surface area contributed by atoms with Gasteiger partial charge in [0.1, 0.15) is 5.75 Å². The van der Waals surface area contributed by atoms with Gasteiger partial charge in [-0.15, -0.1) is 13.2 Å². The van der Waals surface area contributed by atoms with Gasteiger partial charge >= 0.3 is 0 Å². The maximum absolute atomic E-state index is 5.45. The van der Waals surface area contributed by atoms with Gasteiger partial charge in [0.05, 0.1) is 6.61 Å². The highest BCUT2D eigenvalue weighted by molar-refractivity contribution is 5.20. The molecular formula is C12H18O. The fourth-order valence-electron chi connectivity index (χ4n) is 0.851. The molecule has 13 heavy (non-hydrogen) atoms. The van der Waals surface area contributed by atoms with Gasteiger partial charge in [-0.1, -0.05) is 31.5 Å². The number of rotatable bonds is 4. The van der Waals surface area contributed by atoms with Crippen molar-refractivity contribution in [3.8, 4) is 5.75 Å². The molecule has 1 rings (SSSR count). The van der Waals surface area contributed by atoms with E-state index in [-0.39, 0.29) is 0 Å². The molecule has 0 saturated heterocycles. The normalized spacial score (nSPS) is 8.38. The number of ether oxygens (including phenoxy) is 1. The molecule has 1 aromatic carbocycles. The highest BCUT2D eigenvalue weighted by atomic mass is 16.5. The van der Waals surface area contributed by atoms with Crippen molar-refractivity contribution in [3.63, 3.8) is 0 Å². The average Bonchev–Trinajstić information content (AvgIpc) is 2.23. The van der Waals surface area contributed by atoms with Crippen LogP contribution in [0.4, 0.5) is 0 Å². The molecule has 72 valence electrons. The van der Waals surface area contributed by atoms with Crippen LogP contribution < -0.4 is 4.74 Å². The third kappa shape index (κ3) is 5.97. The van der Waals surface area contributed by atoms with Crippen LogP contribution in [-0.2, 0) is 0 Å². The molecule has 0 radical (unpaired) electrons. The smallest absolute Gasteiger partial charge is 0.119 e. The van der Waals surface area contributed by atoms with Crippen molar-refractivity contribution < 1.29 is 4.74 Å². The SMILES string of the molecule is C=C.CCCCOc1ccccc1. The standard InChI is InChI=1S/C10H14O.C2H4/c1-2-3-9-11-10-7-5-4-6-8-10;1-2/h4-8H,2-3,9H2,1H3;1-2H2. The Bertz CT molecular complexity index is 194. The number of unbranched alkanes of at least 4 members (excludes halogenated alkanes) is 1. The molecule has 0 saturated carbocycles. The number of benzene rings is 1. The second-order valence-corrected chi connectivity index (χ2v) is 2.52. The summed E-state index contributed by atoms with van der Waals surface area (Å²) in [6.07, 6.45) is 2.32. The van der Waals surface area contributed by atoms with Gasteiger partial charge in [0.2, 0.25) is 0 Å². The molecule has 0 spiro atoms. The lowest BCUT2D eigenvalue weighted by Gasteiger charge is -2.03. The summed E-state index contributed by atoms with van der Waals surface area (Å²) in [5.74, 6) is 0.973. The minimum absolute atomic E-state index is 0.834. The zero-order valence-corrected chi connectivity index (χ0v) is 8.33. The predicted molar refractivity (Wildman–Crippen MR) is 58.1 cm³/mol. The molecule has 0 bridgehead atoms. The van der Waals surface area contributed by atoms with Crippen molar-refractivity contribution in [2.45, 2.75) is 19.8 Å². The molecule has 1 heteroatoms. The zero-order chi connectivity index (χ0) is 9.94. The first-order chi connectivity index (χ1) is 6.43. The first-order valence-corrected chi connectivity index (χ1v) is 4.61. The Labute approximate surface area is 81.1 Å². The minimum atomic E-state index is 0.834. The minimum Gasteiger partial charge on any atom is -0.494 e. The maximum Gasteiger partial charge on any atom is 0.119 e. The monoisotopic (exact) mass is 178 g/mol. The molecule has 0 heterocycles. The Hall–Kier alpha value is -1.24. The summed E-state index contributed by atoms with van der Waals surface area (Å²) in [7, 11) is 0. The van der Waals surface area contributed by atoms with Gasteiger partial charge in [-0.3, -0.25) is 0 Å². The highest BCUT2D eigenvalue weighted by Crippen LogP contribution is 2.08. The largest absolute Gasteiger partial charge is 0.494 e. The van der Waals surface area contributed by atoms with Gasteiger partial charge in [-0.25, -0.2) is 0 Å². The lowest BCUT2D eigenvalue weighted by atomic mass is 10.3. The van der Waals surface area contributed by atoms with Gasteiger partial charge in [0.15, 0.2) is 0 Å². The number of hydrogen-bond acceptors (Lipinski definition) is 1. The fraction of sp³-hybridized carbons (Fsp3) is 0.333. The van der Waals surface area contributed by atoms with Crippen LogP contribution >= 0.6 is 0 Å². The Morgan fingerprint density at radius 2 is 1.77 bits per heavy atom. The number of para-hydroxylation sites is 1. The van der Waals surface area contributed by atoms with E-state index in [0.29, 0.717) is 0 Å². The van der Waals surface area contributed by atoms with Crippen LogP contribution in [0.1, 0.15) is 19.8 Å². The predicted octanol–water partition coefficient (Wildman–Crippen LogP) is 3.67. The van der Waals surface area contributed by atoms with Crippen LogP contribution in [0, 0.1) is 0 Å². The van der Waals surface area contributed by atoms with Crippen molar-refractivity contribution >= 4 is 0 Å². The van der Waals surface area contributed by atoms with Gasteiger partial charge in [0, 0.05) is 0 Å². The van der Waals surface area contributed by atoms with Gasteiger partial charge < -0.3 is 4.74 Å². The van der Waals surface area contributed by atoms with Gasteiger partial charge in [-0.05, 0) is 18.6 Å². The summed E-state index contributed by atoms with van der Waals surface area (Å²) in [6.45, 7) is 8.99. The molecule has 0 aliphatic carbocycles. The average molecular weight is 178 g/mol. The Morgan fingerprint density at radius 3 is 2.31 bits per heavy atom. The van der Waals surface area contributed by atoms with E-state index < -0.39 is 0 Å². The highest BCUT2D eigenvalue weighted by Gasteiger charge is 1.88. The van der Waals surface area contributed by atoms with Crippen LogP contribution in [0.3, 0.4) is 0 Å². The molecule has 0 aliphatic heterocycles. The fourth-order valence-corrected chi connectivity index (χ4v) is 0.851. The van der Waals surface area contributed by atoms with E-state index in [2.05, 4.69) is 20.1 Å². The maximum atomic E-state index is 5.45. The van der Waals surface area contributed by atoms with Crippen LogP contribution in [0.5, 0.6) is 5.75 Å². The van der Waals surface area contributed by atoms with Crippen molar-refractivity contribution in [2.24, 2.45) is 0 Å². The number of hydrogen-bond donors (Lipinski definition) is 0. The van der Waals surface area contributed by atoms with Crippen LogP contribution in [-0.4, -0.2) is 6.61 Å². The van der Waals surface area contributed by atoms with Crippen molar-refractivity contribution in [1.82, 2.24) is 0 Å². The first-order valence-electron chi connectivity index (χ1n) is 4.61. The molecule has 0 unspecified atom stereocenters. The van der Waals surface area contributed by atoms with E-state index in [1.807, 2.05) is 30.3 Å². The quantitative estimate of drug-likeness (QED) is 0.505. The zero-order valence-electron chi connectivity index (χ0n) is 8.33. The summed E-state index contributed by atoms with van der Waals surface area (Å²) >= 11 is 0. The molecule has 0 aliphatic rings. The third-order valence-corrected chi connectivity index (χ3v) is 1.51. The van der Waals surface area contributed by atoms with Crippen molar-refractivity contribution in [2.75, 3.05) is 6.61 Å². The van der Waals surface area contributed by atoms with Crippen LogP contribution in [0.2, 0.25) is 0 Å². The summed E-state index contributed by atoms with van der Waals surface area (Å²) in [4.78, 5) is 0. The summed E-state index contributed by atoms with van der Waals surface area (Å²) in [5, 5.41) is 0. The molecule has 0 aromatic heterocycles. The van der Waals surface area contributed by atoms with E-state index in [1.54, 1.807) is 0 Å². The first kappa shape index (κ1) is 11.8. The third-order valence-electron chi connectivity index (χ3n) is 1.51. The molecule has 1 aromatic rings.